The predicted molar refractivity (Wildman–Crippen MR) is 76.3 cm³/mol. The van der Waals surface area contributed by atoms with Crippen molar-refractivity contribution in [3.8, 4) is 0 Å². The number of halogens is 3. The Hall–Kier alpha value is -2.69. The Morgan fingerprint density at radius 2 is 1.32 bits per heavy atom. The van der Waals surface area contributed by atoms with E-state index in [4.69, 9.17) is 0 Å². The molecule has 0 bridgehead atoms. The van der Waals surface area contributed by atoms with Crippen molar-refractivity contribution in [1.29, 1.82) is 0 Å². The van der Waals surface area contributed by atoms with Crippen LogP contribution in [0.5, 0.6) is 0 Å². The van der Waals surface area contributed by atoms with Crippen LogP contribution in [0.3, 0.4) is 0 Å². The highest BCUT2D eigenvalue weighted by atomic mass is 19.4. The predicted octanol–water partition coefficient (Wildman–Crippen LogP) is 4.08. The molecule has 0 saturated heterocycles. The zero-order chi connectivity index (χ0) is 16.2. The zero-order valence-electron chi connectivity index (χ0n) is 11.3. The molecule has 5 heteroatoms. The lowest BCUT2D eigenvalue weighted by molar-refractivity contribution is -0.166. The minimum atomic E-state index is -5.11. The molecule has 2 aromatic rings. The van der Waals surface area contributed by atoms with E-state index in [1.807, 2.05) is 0 Å². The van der Waals surface area contributed by atoms with E-state index in [1.165, 1.54) is 36.4 Å². The van der Waals surface area contributed by atoms with E-state index in [1.54, 1.807) is 24.3 Å². The molecule has 0 aliphatic rings. The molecule has 0 amide bonds. The summed E-state index contributed by atoms with van der Waals surface area (Å²) in [6.07, 6.45) is -4.14. The summed E-state index contributed by atoms with van der Waals surface area (Å²) in [4.78, 5) is 23.8. The first-order valence-electron chi connectivity index (χ1n) is 6.37. The molecule has 2 nitrogen and oxygen atoms in total. The van der Waals surface area contributed by atoms with Crippen LogP contribution < -0.4 is 0 Å². The van der Waals surface area contributed by atoms with Crippen molar-refractivity contribution in [3.05, 3.63) is 77.4 Å². The molecule has 0 aliphatic heterocycles. The first kappa shape index (κ1) is 15.7. The van der Waals surface area contributed by atoms with Crippen LogP contribution in [0.2, 0.25) is 0 Å². The van der Waals surface area contributed by atoms with Crippen molar-refractivity contribution in [1.82, 2.24) is 0 Å². The lowest BCUT2D eigenvalue weighted by atomic mass is 9.97. The Bertz CT molecular complexity index is 702. The molecule has 0 unspecified atom stereocenters. The van der Waals surface area contributed by atoms with Crippen molar-refractivity contribution >= 4 is 17.6 Å². The highest BCUT2D eigenvalue weighted by Gasteiger charge is 2.42. The Kier molecular flexibility index (Phi) is 4.56. The van der Waals surface area contributed by atoms with Gasteiger partial charge in [0.05, 0.1) is 5.57 Å². The molecule has 0 atom stereocenters. The van der Waals surface area contributed by atoms with Gasteiger partial charge in [-0.05, 0) is 11.6 Å². The molecule has 0 aromatic heterocycles. The molecule has 2 rings (SSSR count). The number of hydrogen-bond acceptors (Lipinski definition) is 2. The van der Waals surface area contributed by atoms with Crippen molar-refractivity contribution in [2.45, 2.75) is 6.18 Å². The van der Waals surface area contributed by atoms with Crippen molar-refractivity contribution in [2.75, 3.05) is 0 Å². The first-order valence-corrected chi connectivity index (χ1v) is 6.37. The molecule has 0 heterocycles. The van der Waals surface area contributed by atoms with Gasteiger partial charge in [0.1, 0.15) is 0 Å². The van der Waals surface area contributed by atoms with Gasteiger partial charge in [-0.2, -0.15) is 13.2 Å². The fourth-order valence-electron chi connectivity index (χ4n) is 1.85. The van der Waals surface area contributed by atoms with Crippen LogP contribution in [-0.2, 0) is 4.79 Å². The van der Waals surface area contributed by atoms with Crippen molar-refractivity contribution < 1.29 is 22.8 Å². The summed E-state index contributed by atoms with van der Waals surface area (Å²) in [6, 6.07) is 15.3. The average Bonchev–Trinajstić information content (AvgIpc) is 2.52. The third-order valence-electron chi connectivity index (χ3n) is 2.89. The van der Waals surface area contributed by atoms with E-state index < -0.39 is 23.3 Å². The van der Waals surface area contributed by atoms with Gasteiger partial charge >= 0.3 is 6.18 Å². The highest BCUT2D eigenvalue weighted by molar-refractivity contribution is 6.30. The summed E-state index contributed by atoms with van der Waals surface area (Å²) < 4.78 is 38.2. The summed E-state index contributed by atoms with van der Waals surface area (Å²) in [5.74, 6) is -3.10. The van der Waals surface area contributed by atoms with Gasteiger partial charge in [0.2, 0.25) is 0 Å². The maximum absolute atomic E-state index is 12.7. The van der Waals surface area contributed by atoms with Gasteiger partial charge in [0.25, 0.3) is 5.78 Å². The maximum Gasteiger partial charge on any atom is 0.455 e. The Labute approximate surface area is 124 Å². The maximum atomic E-state index is 12.7. The number of Topliss-reactive ketones (excluding diaryl/α,β-unsaturated/α-hetero) is 2. The molecule has 22 heavy (non-hydrogen) atoms. The van der Waals surface area contributed by atoms with E-state index in [-0.39, 0.29) is 5.56 Å². The van der Waals surface area contributed by atoms with Gasteiger partial charge in [-0.1, -0.05) is 60.7 Å². The monoisotopic (exact) mass is 304 g/mol. The summed E-state index contributed by atoms with van der Waals surface area (Å²) in [5.41, 5.74) is -0.522. The number of allylic oxidation sites excluding steroid dienone is 1. The standard InChI is InChI=1S/C17H11F3O2/c18-17(19,20)16(22)14(11-12-7-3-1-4-8-12)15(21)13-9-5-2-6-10-13/h1-11H/b14-11-. The summed E-state index contributed by atoms with van der Waals surface area (Å²) >= 11 is 0. The molecular formula is C17H11F3O2. The number of benzene rings is 2. The van der Waals surface area contributed by atoms with Crippen LogP contribution in [0.1, 0.15) is 15.9 Å². The number of carbonyl (C=O) groups is 2. The molecular weight excluding hydrogens is 293 g/mol. The van der Waals surface area contributed by atoms with E-state index in [9.17, 15) is 22.8 Å². The smallest absolute Gasteiger partial charge is 0.288 e. The molecule has 0 fully saturated rings. The second-order valence-corrected chi connectivity index (χ2v) is 4.49. The summed E-state index contributed by atoms with van der Waals surface area (Å²) in [6.45, 7) is 0. The van der Waals surface area contributed by atoms with E-state index in [0.29, 0.717) is 5.56 Å². The Balaban J connectivity index is 2.49. The number of carbonyl (C=O) groups excluding carboxylic acids is 2. The second kappa shape index (κ2) is 6.39. The molecule has 112 valence electrons. The minimum absolute atomic E-state index is 0.0299. The van der Waals surface area contributed by atoms with Crippen LogP contribution in [-0.4, -0.2) is 17.7 Å². The van der Waals surface area contributed by atoms with Gasteiger partial charge in [0.15, 0.2) is 5.78 Å². The van der Waals surface area contributed by atoms with Crippen LogP contribution >= 0.6 is 0 Å². The molecule has 0 radical (unpaired) electrons. The number of rotatable bonds is 4. The number of hydrogen-bond donors (Lipinski definition) is 0. The van der Waals surface area contributed by atoms with Gasteiger partial charge in [-0.25, -0.2) is 0 Å². The minimum Gasteiger partial charge on any atom is -0.288 e. The second-order valence-electron chi connectivity index (χ2n) is 4.49. The van der Waals surface area contributed by atoms with Gasteiger partial charge in [-0.15, -0.1) is 0 Å². The molecule has 0 aliphatic carbocycles. The third-order valence-corrected chi connectivity index (χ3v) is 2.89. The Morgan fingerprint density at radius 3 is 1.82 bits per heavy atom. The lowest BCUT2D eigenvalue weighted by Crippen LogP contribution is -2.28. The van der Waals surface area contributed by atoms with Gasteiger partial charge in [-0.3, -0.25) is 9.59 Å². The summed E-state index contributed by atoms with van der Waals surface area (Å²) in [5, 5.41) is 0. The molecule has 0 N–H and O–H groups in total. The fraction of sp³-hybridized carbons (Fsp3) is 0.0588. The summed E-state index contributed by atoms with van der Waals surface area (Å²) in [7, 11) is 0. The average molecular weight is 304 g/mol. The molecule has 2 aromatic carbocycles. The normalized spacial score (nSPS) is 12.0. The van der Waals surface area contributed by atoms with E-state index in [0.717, 1.165) is 6.08 Å². The highest BCUT2D eigenvalue weighted by Crippen LogP contribution is 2.24. The van der Waals surface area contributed by atoms with Crippen molar-refractivity contribution in [2.24, 2.45) is 0 Å². The van der Waals surface area contributed by atoms with Gasteiger partial charge < -0.3 is 0 Å². The van der Waals surface area contributed by atoms with E-state index in [2.05, 4.69) is 0 Å². The lowest BCUT2D eigenvalue weighted by Gasteiger charge is -2.09. The Morgan fingerprint density at radius 1 is 0.818 bits per heavy atom. The molecule has 0 saturated carbocycles. The topological polar surface area (TPSA) is 34.1 Å². The third kappa shape index (κ3) is 3.69. The molecule has 0 spiro atoms. The van der Waals surface area contributed by atoms with Crippen LogP contribution in [0.4, 0.5) is 13.2 Å². The van der Waals surface area contributed by atoms with Gasteiger partial charge in [0, 0.05) is 5.56 Å². The SMILES string of the molecule is O=C(/C(=C/c1ccccc1)C(=O)C(F)(F)F)c1ccccc1. The quantitative estimate of drug-likeness (QED) is 0.369. The number of alkyl halides is 3. The van der Waals surface area contributed by atoms with E-state index >= 15 is 0 Å². The largest absolute Gasteiger partial charge is 0.455 e. The number of ketones is 2. The van der Waals surface area contributed by atoms with Crippen LogP contribution in [0, 0.1) is 0 Å². The van der Waals surface area contributed by atoms with Crippen LogP contribution in [0.15, 0.2) is 66.2 Å². The first-order chi connectivity index (χ1) is 10.4. The van der Waals surface area contributed by atoms with Crippen LogP contribution in [0.25, 0.3) is 6.08 Å². The fourth-order valence-corrected chi connectivity index (χ4v) is 1.85. The van der Waals surface area contributed by atoms with Crippen molar-refractivity contribution in [3.63, 3.8) is 0 Å². The zero-order valence-corrected chi connectivity index (χ0v) is 11.3.